The first-order valence-corrected chi connectivity index (χ1v) is 6.85. The molecule has 21 heavy (non-hydrogen) atoms. The van der Waals surface area contributed by atoms with Crippen molar-refractivity contribution in [3.05, 3.63) is 28.8 Å². The first-order chi connectivity index (χ1) is 10.1. The molecule has 2 rings (SSSR count). The number of rotatable bonds is 6. The molecule has 0 spiro atoms. The van der Waals surface area contributed by atoms with Gasteiger partial charge in [-0.2, -0.15) is 15.0 Å². The van der Waals surface area contributed by atoms with E-state index in [0.29, 0.717) is 30.2 Å². The van der Waals surface area contributed by atoms with E-state index in [2.05, 4.69) is 25.3 Å². The number of nitrogens with one attached hydrogen (secondary N) is 1. The number of nitrogens with zero attached hydrogens (tertiary/aromatic N) is 5. The summed E-state index contributed by atoms with van der Waals surface area (Å²) in [6.07, 6.45) is 1.62. The number of methoxy groups -OCH3 is 1. The molecule has 0 aliphatic heterocycles. The Morgan fingerprint density at radius 3 is 2.71 bits per heavy atom. The van der Waals surface area contributed by atoms with Crippen LogP contribution in [0.1, 0.15) is 0 Å². The van der Waals surface area contributed by atoms with Crippen molar-refractivity contribution in [1.82, 2.24) is 19.9 Å². The number of aromatic nitrogens is 4. The second kappa shape index (κ2) is 7.35. The Morgan fingerprint density at radius 2 is 2.05 bits per heavy atom. The third-order valence-corrected chi connectivity index (χ3v) is 2.98. The Hall–Kier alpha value is -1.70. The molecule has 2 aromatic rings. The summed E-state index contributed by atoms with van der Waals surface area (Å²) in [6, 6.07) is 3.50. The highest BCUT2D eigenvalue weighted by atomic mass is 35.5. The molecule has 1 N–H and O–H groups in total. The lowest BCUT2D eigenvalue weighted by molar-refractivity contribution is 0.210. The van der Waals surface area contributed by atoms with Crippen LogP contribution in [0, 0.1) is 0 Å². The normalized spacial score (nSPS) is 10.5. The smallest absolute Gasteiger partial charge is 0.235 e. The Kier molecular flexibility index (Phi) is 5.49. The second-order valence-corrected chi connectivity index (χ2v) is 4.77. The first-order valence-electron chi connectivity index (χ1n) is 6.10. The SMILES string of the molecule is COCCNc1nc(Cl)nc(N(C)c2ccc(Cl)nc2)n1. The van der Waals surface area contributed by atoms with Crippen LogP contribution in [0.2, 0.25) is 10.4 Å². The predicted molar refractivity (Wildman–Crippen MR) is 82.5 cm³/mol. The number of ether oxygens (including phenoxy) is 1. The molecule has 0 bridgehead atoms. The highest BCUT2D eigenvalue weighted by molar-refractivity contribution is 6.29. The summed E-state index contributed by atoms with van der Waals surface area (Å²) in [7, 11) is 3.42. The largest absolute Gasteiger partial charge is 0.383 e. The molecule has 0 unspecified atom stereocenters. The fraction of sp³-hybridized carbons (Fsp3) is 0.333. The monoisotopic (exact) mass is 328 g/mol. The van der Waals surface area contributed by atoms with Gasteiger partial charge in [-0.05, 0) is 23.7 Å². The Labute approximate surface area is 132 Å². The number of anilines is 3. The molecule has 0 saturated carbocycles. The Balaban J connectivity index is 2.20. The maximum absolute atomic E-state index is 5.92. The van der Waals surface area contributed by atoms with E-state index in [1.54, 1.807) is 31.3 Å². The molecule has 0 fully saturated rings. The zero-order valence-electron chi connectivity index (χ0n) is 11.5. The van der Waals surface area contributed by atoms with Crippen molar-refractivity contribution in [2.24, 2.45) is 0 Å². The zero-order valence-corrected chi connectivity index (χ0v) is 13.1. The van der Waals surface area contributed by atoms with Crippen LogP contribution < -0.4 is 10.2 Å². The molecule has 0 aromatic carbocycles. The fourth-order valence-corrected chi connectivity index (χ4v) is 1.78. The zero-order chi connectivity index (χ0) is 15.2. The lowest BCUT2D eigenvalue weighted by Gasteiger charge is -2.17. The van der Waals surface area contributed by atoms with E-state index in [4.69, 9.17) is 27.9 Å². The molecule has 0 aliphatic carbocycles. The van der Waals surface area contributed by atoms with Crippen LogP contribution in [0.5, 0.6) is 0 Å². The number of halogens is 2. The van der Waals surface area contributed by atoms with E-state index in [1.165, 1.54) is 0 Å². The van der Waals surface area contributed by atoms with Gasteiger partial charge in [0, 0.05) is 20.7 Å². The quantitative estimate of drug-likeness (QED) is 0.644. The van der Waals surface area contributed by atoms with E-state index < -0.39 is 0 Å². The van der Waals surface area contributed by atoms with Crippen LogP contribution in [-0.2, 0) is 4.74 Å². The van der Waals surface area contributed by atoms with Gasteiger partial charge in [0.25, 0.3) is 0 Å². The van der Waals surface area contributed by atoms with Gasteiger partial charge in [0.1, 0.15) is 5.15 Å². The lowest BCUT2D eigenvalue weighted by atomic mass is 10.4. The minimum atomic E-state index is 0.105. The van der Waals surface area contributed by atoms with Gasteiger partial charge >= 0.3 is 0 Å². The van der Waals surface area contributed by atoms with Gasteiger partial charge in [-0.3, -0.25) is 0 Å². The summed E-state index contributed by atoms with van der Waals surface area (Å²) in [5.41, 5.74) is 0.782. The van der Waals surface area contributed by atoms with Crippen LogP contribution >= 0.6 is 23.2 Å². The van der Waals surface area contributed by atoms with E-state index in [-0.39, 0.29) is 5.28 Å². The van der Waals surface area contributed by atoms with E-state index in [0.717, 1.165) is 5.69 Å². The molecular weight excluding hydrogens is 315 g/mol. The molecule has 9 heteroatoms. The number of pyridine rings is 1. The Bertz CT molecular complexity index is 595. The minimum absolute atomic E-state index is 0.105. The van der Waals surface area contributed by atoms with Crippen molar-refractivity contribution in [3.63, 3.8) is 0 Å². The Morgan fingerprint density at radius 1 is 1.24 bits per heavy atom. The molecule has 0 radical (unpaired) electrons. The molecule has 2 aromatic heterocycles. The van der Waals surface area contributed by atoms with Gasteiger partial charge in [-0.15, -0.1) is 0 Å². The molecule has 0 aliphatic rings. The predicted octanol–water partition coefficient (Wildman–Crippen LogP) is 2.40. The maximum atomic E-state index is 5.92. The van der Waals surface area contributed by atoms with Crippen LogP contribution in [0.3, 0.4) is 0 Å². The van der Waals surface area contributed by atoms with E-state index >= 15 is 0 Å². The van der Waals surface area contributed by atoms with Crippen LogP contribution in [0.25, 0.3) is 0 Å². The molecule has 0 saturated heterocycles. The van der Waals surface area contributed by atoms with Crippen molar-refractivity contribution in [3.8, 4) is 0 Å². The van der Waals surface area contributed by atoms with Crippen molar-refractivity contribution < 1.29 is 4.74 Å². The van der Waals surface area contributed by atoms with Crippen LogP contribution in [0.4, 0.5) is 17.6 Å². The van der Waals surface area contributed by atoms with Crippen LogP contribution in [0.15, 0.2) is 18.3 Å². The summed E-state index contributed by atoms with van der Waals surface area (Å²) in [5, 5.41) is 3.53. The molecule has 2 heterocycles. The third kappa shape index (κ3) is 4.38. The van der Waals surface area contributed by atoms with Gasteiger partial charge in [0.2, 0.25) is 17.2 Å². The minimum Gasteiger partial charge on any atom is -0.383 e. The number of hydrogen-bond donors (Lipinski definition) is 1. The van der Waals surface area contributed by atoms with Crippen molar-refractivity contribution in [2.75, 3.05) is 37.5 Å². The van der Waals surface area contributed by atoms with Crippen molar-refractivity contribution >= 4 is 40.8 Å². The third-order valence-electron chi connectivity index (χ3n) is 2.58. The summed E-state index contributed by atoms with van der Waals surface area (Å²) in [6.45, 7) is 1.11. The van der Waals surface area contributed by atoms with Gasteiger partial charge in [-0.1, -0.05) is 11.6 Å². The molecule has 0 amide bonds. The molecule has 0 atom stereocenters. The summed E-state index contributed by atoms with van der Waals surface area (Å²) >= 11 is 11.7. The standard InChI is InChI=1S/C12H14Cl2N6O/c1-20(8-3-4-9(13)16-7-8)12-18-10(14)17-11(19-12)15-5-6-21-2/h3-4,7H,5-6H2,1-2H3,(H,15,17,18,19). The topological polar surface area (TPSA) is 76.1 Å². The fourth-order valence-electron chi connectivity index (χ4n) is 1.52. The molecular formula is C12H14Cl2N6O. The van der Waals surface area contributed by atoms with Gasteiger partial charge in [0.15, 0.2) is 0 Å². The average molecular weight is 329 g/mol. The van der Waals surface area contributed by atoms with Gasteiger partial charge in [-0.25, -0.2) is 4.98 Å². The van der Waals surface area contributed by atoms with Gasteiger partial charge in [0.05, 0.1) is 18.5 Å². The summed E-state index contributed by atoms with van der Waals surface area (Å²) in [5.74, 6) is 0.787. The summed E-state index contributed by atoms with van der Waals surface area (Å²) in [4.78, 5) is 18.2. The first kappa shape index (κ1) is 15.7. The second-order valence-electron chi connectivity index (χ2n) is 4.05. The van der Waals surface area contributed by atoms with E-state index in [9.17, 15) is 0 Å². The van der Waals surface area contributed by atoms with E-state index in [1.807, 2.05) is 6.07 Å². The highest BCUT2D eigenvalue weighted by Crippen LogP contribution is 2.22. The molecule has 7 nitrogen and oxygen atoms in total. The highest BCUT2D eigenvalue weighted by Gasteiger charge is 2.11. The van der Waals surface area contributed by atoms with Crippen LogP contribution in [-0.4, -0.2) is 47.2 Å². The van der Waals surface area contributed by atoms with Gasteiger partial charge < -0.3 is 15.0 Å². The molecule has 112 valence electrons. The maximum Gasteiger partial charge on any atom is 0.235 e. The van der Waals surface area contributed by atoms with Crippen molar-refractivity contribution in [1.29, 1.82) is 0 Å². The number of hydrogen-bond acceptors (Lipinski definition) is 7. The average Bonchev–Trinajstić information content (AvgIpc) is 2.47. The lowest BCUT2D eigenvalue weighted by Crippen LogP contribution is -2.17. The summed E-state index contributed by atoms with van der Waals surface area (Å²) < 4.78 is 4.95. The van der Waals surface area contributed by atoms with Crippen molar-refractivity contribution in [2.45, 2.75) is 0 Å².